The number of halogens is 1. The number of carboxylic acid groups (broad SMARTS) is 1. The Kier molecular flexibility index (Phi) is 5.08. The number of alkyl halides is 1. The molecule has 0 radical (unpaired) electrons. The highest BCUT2D eigenvalue weighted by Gasteiger charge is 2.34. The number of hydrogen-bond donors (Lipinski definition) is 2. The SMILES string of the molecule is Cc1nc(-n2ncc3cc(C)c(C4CCN(C(=O)O)CC4F)cc32)cc([C@H]2C[C@@H](O)C2)n1. The molecule has 2 aromatic heterocycles. The summed E-state index contributed by atoms with van der Waals surface area (Å²) in [5.41, 5.74) is 3.58. The monoisotopic (exact) mass is 439 g/mol. The van der Waals surface area contributed by atoms with Crippen LogP contribution in [0.3, 0.4) is 0 Å². The minimum atomic E-state index is -1.26. The minimum Gasteiger partial charge on any atom is -0.465 e. The molecule has 2 atom stereocenters. The first-order valence-corrected chi connectivity index (χ1v) is 10.9. The Morgan fingerprint density at radius 1 is 1.19 bits per heavy atom. The van der Waals surface area contributed by atoms with Crippen LogP contribution in [0.25, 0.3) is 16.7 Å². The number of aliphatic hydroxyl groups is 1. The van der Waals surface area contributed by atoms with Gasteiger partial charge in [0.15, 0.2) is 5.82 Å². The minimum absolute atomic E-state index is 0.113. The Morgan fingerprint density at radius 3 is 2.66 bits per heavy atom. The fourth-order valence-electron chi connectivity index (χ4n) is 4.94. The lowest BCUT2D eigenvalue weighted by Gasteiger charge is -2.34. The number of fused-ring (bicyclic) bond motifs is 1. The second-order valence-corrected chi connectivity index (χ2v) is 8.98. The highest BCUT2D eigenvalue weighted by molar-refractivity contribution is 5.82. The highest BCUT2D eigenvalue weighted by Crippen LogP contribution is 2.37. The number of carbonyl (C=O) groups is 1. The number of likely N-dealkylation sites (tertiary alicyclic amines) is 1. The van der Waals surface area contributed by atoms with Gasteiger partial charge < -0.3 is 15.1 Å². The summed E-state index contributed by atoms with van der Waals surface area (Å²) in [6.07, 6.45) is 1.01. The lowest BCUT2D eigenvalue weighted by Crippen LogP contribution is -2.43. The molecule has 0 bridgehead atoms. The highest BCUT2D eigenvalue weighted by atomic mass is 19.1. The second-order valence-electron chi connectivity index (χ2n) is 8.98. The van der Waals surface area contributed by atoms with Crippen molar-refractivity contribution in [2.24, 2.45) is 0 Å². The fourth-order valence-corrected chi connectivity index (χ4v) is 4.94. The van der Waals surface area contributed by atoms with Crippen molar-refractivity contribution < 1.29 is 19.4 Å². The van der Waals surface area contributed by atoms with Gasteiger partial charge in [-0.2, -0.15) is 5.10 Å². The number of aliphatic hydroxyl groups excluding tert-OH is 1. The molecule has 1 amide bonds. The van der Waals surface area contributed by atoms with Gasteiger partial charge in [-0.05, 0) is 56.4 Å². The van der Waals surface area contributed by atoms with Gasteiger partial charge in [-0.1, -0.05) is 0 Å². The van der Waals surface area contributed by atoms with Crippen LogP contribution in [0, 0.1) is 13.8 Å². The number of aryl methyl sites for hydroxylation is 2. The maximum Gasteiger partial charge on any atom is 0.407 e. The molecule has 9 heteroatoms. The molecule has 1 aromatic carbocycles. The number of rotatable bonds is 3. The van der Waals surface area contributed by atoms with E-state index < -0.39 is 12.3 Å². The lowest BCUT2D eigenvalue weighted by molar-refractivity contribution is 0.0731. The topological polar surface area (TPSA) is 104 Å². The first-order chi connectivity index (χ1) is 15.3. The number of amides is 1. The summed E-state index contributed by atoms with van der Waals surface area (Å²) in [5.74, 6) is 1.14. The maximum absolute atomic E-state index is 15.0. The third kappa shape index (κ3) is 3.60. The summed E-state index contributed by atoms with van der Waals surface area (Å²) in [7, 11) is 0. The Bertz CT molecular complexity index is 1190. The van der Waals surface area contributed by atoms with E-state index in [1.807, 2.05) is 32.0 Å². The van der Waals surface area contributed by atoms with Gasteiger partial charge in [0, 0.05) is 35.5 Å². The van der Waals surface area contributed by atoms with E-state index in [1.54, 1.807) is 10.9 Å². The molecule has 0 spiro atoms. The average molecular weight is 439 g/mol. The molecule has 3 aromatic rings. The number of nitrogens with zero attached hydrogens (tertiary/aromatic N) is 5. The van der Waals surface area contributed by atoms with Crippen LogP contribution in [0.2, 0.25) is 0 Å². The smallest absolute Gasteiger partial charge is 0.407 e. The molecule has 2 fully saturated rings. The Labute approximate surface area is 184 Å². The zero-order valence-electron chi connectivity index (χ0n) is 18.1. The van der Waals surface area contributed by atoms with Crippen LogP contribution < -0.4 is 0 Å². The zero-order chi connectivity index (χ0) is 22.6. The predicted octanol–water partition coefficient (Wildman–Crippen LogP) is 3.48. The van der Waals surface area contributed by atoms with Gasteiger partial charge in [-0.15, -0.1) is 0 Å². The van der Waals surface area contributed by atoms with E-state index in [-0.39, 0.29) is 24.5 Å². The van der Waals surface area contributed by atoms with Crippen molar-refractivity contribution in [1.82, 2.24) is 24.6 Å². The maximum atomic E-state index is 15.0. The molecule has 3 heterocycles. The molecule has 1 saturated heterocycles. The largest absolute Gasteiger partial charge is 0.465 e. The van der Waals surface area contributed by atoms with Crippen molar-refractivity contribution in [1.29, 1.82) is 0 Å². The van der Waals surface area contributed by atoms with Crippen molar-refractivity contribution >= 4 is 17.0 Å². The molecular weight excluding hydrogens is 413 g/mol. The second kappa shape index (κ2) is 7.81. The molecule has 32 heavy (non-hydrogen) atoms. The van der Waals surface area contributed by atoms with Crippen molar-refractivity contribution in [3.63, 3.8) is 0 Å². The van der Waals surface area contributed by atoms with E-state index in [2.05, 4.69) is 15.1 Å². The fraction of sp³-hybridized carbons (Fsp3) is 0.478. The van der Waals surface area contributed by atoms with Crippen molar-refractivity contribution in [3.05, 3.63) is 47.0 Å². The number of benzene rings is 1. The van der Waals surface area contributed by atoms with Gasteiger partial charge in [0.2, 0.25) is 0 Å². The molecule has 2 aliphatic rings. The normalized spacial score (nSPS) is 25.7. The summed E-state index contributed by atoms with van der Waals surface area (Å²) in [6.45, 7) is 4.00. The number of aromatic nitrogens is 4. The zero-order valence-corrected chi connectivity index (χ0v) is 18.1. The van der Waals surface area contributed by atoms with E-state index >= 15 is 0 Å². The molecule has 8 nitrogen and oxygen atoms in total. The molecule has 1 aliphatic heterocycles. The summed E-state index contributed by atoms with van der Waals surface area (Å²) >= 11 is 0. The Hall–Kier alpha value is -3.07. The molecule has 5 rings (SSSR count). The average Bonchev–Trinajstić information content (AvgIpc) is 3.13. The molecule has 1 saturated carbocycles. The van der Waals surface area contributed by atoms with Gasteiger partial charge in [-0.3, -0.25) is 0 Å². The van der Waals surface area contributed by atoms with Crippen molar-refractivity contribution in [2.45, 2.75) is 57.2 Å². The van der Waals surface area contributed by atoms with E-state index in [4.69, 9.17) is 0 Å². The van der Waals surface area contributed by atoms with Crippen LogP contribution in [0.4, 0.5) is 9.18 Å². The van der Waals surface area contributed by atoms with Gasteiger partial charge in [-0.25, -0.2) is 23.8 Å². The third-order valence-electron chi connectivity index (χ3n) is 6.76. The van der Waals surface area contributed by atoms with Crippen LogP contribution >= 0.6 is 0 Å². The van der Waals surface area contributed by atoms with Crippen molar-refractivity contribution in [3.8, 4) is 5.82 Å². The molecular formula is C23H26FN5O3. The van der Waals surface area contributed by atoms with E-state index in [1.165, 1.54) is 0 Å². The molecule has 1 aliphatic carbocycles. The quantitative estimate of drug-likeness (QED) is 0.648. The van der Waals surface area contributed by atoms with Crippen LogP contribution in [0.5, 0.6) is 0 Å². The van der Waals surface area contributed by atoms with Crippen LogP contribution in [0.1, 0.15) is 53.7 Å². The summed E-state index contributed by atoms with van der Waals surface area (Å²) in [5, 5.41) is 24.3. The van der Waals surface area contributed by atoms with E-state index in [9.17, 15) is 19.4 Å². The summed E-state index contributed by atoms with van der Waals surface area (Å²) < 4.78 is 16.7. The molecule has 2 N–H and O–H groups in total. The Morgan fingerprint density at radius 2 is 1.97 bits per heavy atom. The number of piperidine rings is 1. The third-order valence-corrected chi connectivity index (χ3v) is 6.76. The van der Waals surface area contributed by atoms with Gasteiger partial charge >= 0.3 is 6.09 Å². The van der Waals surface area contributed by atoms with Crippen molar-refractivity contribution in [2.75, 3.05) is 13.1 Å². The molecule has 2 unspecified atom stereocenters. The van der Waals surface area contributed by atoms with Gasteiger partial charge in [0.05, 0.1) is 24.4 Å². The van der Waals surface area contributed by atoms with E-state index in [0.717, 1.165) is 32.6 Å². The van der Waals surface area contributed by atoms with Crippen LogP contribution in [0.15, 0.2) is 24.4 Å². The van der Waals surface area contributed by atoms with Crippen LogP contribution in [-0.4, -0.2) is 66.3 Å². The van der Waals surface area contributed by atoms with Gasteiger partial charge in [0.1, 0.15) is 12.0 Å². The first-order valence-electron chi connectivity index (χ1n) is 10.9. The number of hydrogen-bond acceptors (Lipinski definition) is 5. The van der Waals surface area contributed by atoms with Gasteiger partial charge in [0.25, 0.3) is 0 Å². The molecule has 168 valence electrons. The first kappa shape index (κ1) is 20.8. The standard InChI is InChI=1S/C23H26FN5O3/c1-12-5-15-10-25-29(22-9-20(26-13(2)27-22)14-6-16(30)7-14)21(15)8-18(12)17-3-4-28(23(31)32)11-19(17)24/h5,8-10,14,16-17,19,30H,3-4,6-7,11H2,1-2H3,(H,31,32)/t14-,16+,17?,19?. The Balaban J connectivity index is 1.52. The lowest BCUT2D eigenvalue weighted by atomic mass is 9.80. The van der Waals surface area contributed by atoms with E-state index in [0.29, 0.717) is 37.4 Å². The summed E-state index contributed by atoms with van der Waals surface area (Å²) in [4.78, 5) is 21.5. The summed E-state index contributed by atoms with van der Waals surface area (Å²) in [6, 6.07) is 5.89. The predicted molar refractivity (Wildman–Crippen MR) is 116 cm³/mol. The van der Waals surface area contributed by atoms with Crippen LogP contribution in [-0.2, 0) is 0 Å².